The number of pyridine rings is 1. The van der Waals surface area contributed by atoms with Crippen molar-refractivity contribution in [2.24, 2.45) is 5.92 Å². The highest BCUT2D eigenvalue weighted by atomic mass is 32.2. The minimum atomic E-state index is -2.38. The molecule has 2 unspecified atom stereocenters. The van der Waals surface area contributed by atoms with E-state index in [2.05, 4.69) is 116 Å². The van der Waals surface area contributed by atoms with Crippen LogP contribution in [-0.4, -0.2) is 42.0 Å². The number of carbonyl (C=O) groups excluding carboxylic acids is 2. The van der Waals surface area contributed by atoms with E-state index in [0.717, 1.165) is 16.7 Å². The number of amides is 1. The molecule has 0 radical (unpaired) electrons. The summed E-state index contributed by atoms with van der Waals surface area (Å²) in [6.07, 6.45) is 1.52. The number of benzene rings is 3. The van der Waals surface area contributed by atoms with Gasteiger partial charge in [-0.05, 0) is 27.8 Å². The van der Waals surface area contributed by atoms with Gasteiger partial charge in [0.05, 0.1) is 17.2 Å². The molecule has 1 aromatic heterocycles. The van der Waals surface area contributed by atoms with Gasteiger partial charge < -0.3 is 9.30 Å². The summed E-state index contributed by atoms with van der Waals surface area (Å²) >= 11 is 1.71. The third-order valence-electron chi connectivity index (χ3n) is 8.83. The van der Waals surface area contributed by atoms with E-state index in [1.54, 1.807) is 31.0 Å². The minimum Gasteiger partial charge on any atom is -0.481 e. The minimum absolute atomic E-state index is 0.0944. The molecule has 3 aromatic carbocycles. The quantitative estimate of drug-likeness (QED) is 0.0651. The Balaban J connectivity index is 1.71. The summed E-state index contributed by atoms with van der Waals surface area (Å²) in [4.78, 5) is 32.6. The first kappa shape index (κ1) is 29.8. The Bertz CT molecular complexity index is 1440. The first-order chi connectivity index (χ1) is 20.0. The lowest BCUT2D eigenvalue weighted by Gasteiger charge is -2.59. The normalized spacial score (nSPS) is 17.5. The third-order valence-corrected chi connectivity index (χ3v) is 16.2. The number of hydrogen-bond acceptors (Lipinski definition) is 5. The van der Waals surface area contributed by atoms with Gasteiger partial charge in [0.2, 0.25) is 11.8 Å². The van der Waals surface area contributed by atoms with Crippen molar-refractivity contribution in [1.29, 1.82) is 0 Å². The van der Waals surface area contributed by atoms with E-state index in [1.807, 2.05) is 18.2 Å². The standard InChI is InChI=1S/C35H38N2O3SSi/c1-34(2,3)42(5,6)37-32(39)30(31(38)25-22-23-29(40-4)36-24-25)33(37)41-35(26-16-10-7-11-17-26,27-18-12-8-13-19-27)28-20-14-9-15-21-28/h7-24,30,33H,1-6H3. The molecule has 2 atom stereocenters. The van der Waals surface area contributed by atoms with E-state index in [4.69, 9.17) is 4.74 Å². The fourth-order valence-corrected chi connectivity index (χ4v) is 10.4. The van der Waals surface area contributed by atoms with Crippen LogP contribution < -0.4 is 4.74 Å². The Hall–Kier alpha value is -3.68. The number of nitrogens with zero attached hydrogens (tertiary/aromatic N) is 2. The van der Waals surface area contributed by atoms with Gasteiger partial charge in [-0.15, -0.1) is 11.8 Å². The van der Waals surface area contributed by atoms with Crippen molar-refractivity contribution in [2.45, 2.75) is 49.0 Å². The summed E-state index contributed by atoms with van der Waals surface area (Å²) in [6.45, 7) is 11.1. The van der Waals surface area contributed by atoms with E-state index in [0.29, 0.717) is 11.4 Å². The molecule has 216 valence electrons. The van der Waals surface area contributed by atoms with Gasteiger partial charge in [0.25, 0.3) is 0 Å². The first-order valence-electron chi connectivity index (χ1n) is 14.2. The predicted octanol–water partition coefficient (Wildman–Crippen LogP) is 7.79. The van der Waals surface area contributed by atoms with Crippen LogP contribution in [-0.2, 0) is 9.54 Å². The Labute approximate surface area is 254 Å². The van der Waals surface area contributed by atoms with Crippen LogP contribution in [0, 0.1) is 5.92 Å². The topological polar surface area (TPSA) is 59.5 Å². The number of ketones is 1. The van der Waals surface area contributed by atoms with Gasteiger partial charge in [0.15, 0.2) is 14.0 Å². The van der Waals surface area contributed by atoms with Crippen LogP contribution in [0.15, 0.2) is 109 Å². The van der Waals surface area contributed by atoms with Gasteiger partial charge in [-0.1, -0.05) is 125 Å². The van der Waals surface area contributed by atoms with Crippen molar-refractivity contribution in [3.05, 3.63) is 132 Å². The summed E-state index contributed by atoms with van der Waals surface area (Å²) in [5.74, 6) is -0.694. The number of aromatic nitrogens is 1. The second-order valence-corrected chi connectivity index (χ2v) is 18.7. The summed E-state index contributed by atoms with van der Waals surface area (Å²) in [7, 11) is -0.837. The Morgan fingerprint density at radius 3 is 1.67 bits per heavy atom. The largest absolute Gasteiger partial charge is 0.481 e. The van der Waals surface area contributed by atoms with E-state index >= 15 is 0 Å². The zero-order valence-electron chi connectivity index (χ0n) is 25.1. The number of rotatable bonds is 9. The molecular weight excluding hydrogens is 557 g/mol. The molecule has 5 nitrogen and oxygen atoms in total. The number of methoxy groups -OCH3 is 1. The fraction of sp³-hybridized carbons (Fsp3) is 0.286. The summed E-state index contributed by atoms with van der Waals surface area (Å²) in [5.41, 5.74) is 3.71. The highest BCUT2D eigenvalue weighted by Gasteiger charge is 2.62. The van der Waals surface area contributed by atoms with E-state index in [9.17, 15) is 9.59 Å². The van der Waals surface area contributed by atoms with Crippen LogP contribution in [0.2, 0.25) is 18.1 Å². The monoisotopic (exact) mass is 594 g/mol. The maximum atomic E-state index is 14.2. The van der Waals surface area contributed by atoms with E-state index < -0.39 is 18.9 Å². The molecular formula is C35H38N2O3SSi. The zero-order chi connectivity index (χ0) is 30.1. The molecule has 1 aliphatic heterocycles. The molecule has 1 fully saturated rings. The zero-order valence-corrected chi connectivity index (χ0v) is 26.9. The SMILES string of the molecule is COc1ccc(C(=O)C2C(=O)N([Si](C)(C)C(C)(C)C)C2SC(c2ccccc2)(c2ccccc2)c2ccccc2)cn1. The molecule has 42 heavy (non-hydrogen) atoms. The second kappa shape index (κ2) is 11.5. The van der Waals surface area contributed by atoms with Gasteiger partial charge in [-0.2, -0.15) is 0 Å². The summed E-state index contributed by atoms with van der Waals surface area (Å²) in [6, 6.07) is 34.7. The Kier molecular flexibility index (Phi) is 8.18. The highest BCUT2D eigenvalue weighted by molar-refractivity contribution is 8.01. The first-order valence-corrected chi connectivity index (χ1v) is 18.1. The summed E-state index contributed by atoms with van der Waals surface area (Å²) in [5, 5.41) is -0.486. The van der Waals surface area contributed by atoms with Crippen molar-refractivity contribution in [2.75, 3.05) is 7.11 Å². The second-order valence-electron chi connectivity index (χ2n) is 12.2. The Morgan fingerprint density at radius 1 is 0.810 bits per heavy atom. The maximum absolute atomic E-state index is 14.2. The number of thioether (sulfide) groups is 1. The average molecular weight is 595 g/mol. The molecule has 2 heterocycles. The van der Waals surface area contributed by atoms with Gasteiger partial charge >= 0.3 is 0 Å². The van der Waals surface area contributed by atoms with Gasteiger partial charge in [0, 0.05) is 17.8 Å². The number of ether oxygens (including phenoxy) is 1. The molecule has 4 aromatic rings. The number of β-lactam (4-membered cyclic amide) rings is 1. The lowest BCUT2D eigenvalue weighted by molar-refractivity contribution is -0.140. The number of Topliss-reactive ketones (excluding diaryl/α,β-unsaturated/α-hetero) is 1. The molecule has 1 saturated heterocycles. The molecule has 0 bridgehead atoms. The predicted molar refractivity (Wildman–Crippen MR) is 173 cm³/mol. The molecule has 0 saturated carbocycles. The molecule has 1 amide bonds. The molecule has 0 spiro atoms. The molecule has 7 heteroatoms. The smallest absolute Gasteiger partial charge is 0.229 e. The van der Waals surface area contributed by atoms with Crippen LogP contribution in [0.5, 0.6) is 5.88 Å². The highest BCUT2D eigenvalue weighted by Crippen LogP contribution is 2.57. The van der Waals surface area contributed by atoms with Crippen molar-refractivity contribution >= 4 is 31.7 Å². The molecule has 1 aliphatic rings. The van der Waals surface area contributed by atoms with Crippen molar-refractivity contribution in [3.63, 3.8) is 0 Å². The van der Waals surface area contributed by atoms with Gasteiger partial charge in [0.1, 0.15) is 5.92 Å². The fourth-order valence-electron chi connectivity index (χ4n) is 5.51. The molecule has 0 N–H and O–H groups in total. The van der Waals surface area contributed by atoms with Crippen LogP contribution >= 0.6 is 11.8 Å². The molecule has 5 rings (SSSR count). The molecule has 0 aliphatic carbocycles. The Morgan fingerprint density at radius 2 is 1.29 bits per heavy atom. The lowest BCUT2D eigenvalue weighted by atomic mass is 9.84. The number of hydrogen-bond donors (Lipinski definition) is 0. The van der Waals surface area contributed by atoms with Gasteiger partial charge in [-0.25, -0.2) is 4.98 Å². The van der Waals surface area contributed by atoms with Crippen LogP contribution in [0.1, 0.15) is 47.8 Å². The van der Waals surface area contributed by atoms with Crippen LogP contribution in [0.25, 0.3) is 0 Å². The van der Waals surface area contributed by atoms with Crippen LogP contribution in [0.4, 0.5) is 0 Å². The number of carbonyl (C=O) groups is 2. The van der Waals surface area contributed by atoms with Crippen LogP contribution in [0.3, 0.4) is 0 Å². The van der Waals surface area contributed by atoms with Gasteiger partial charge in [-0.3, -0.25) is 9.59 Å². The van der Waals surface area contributed by atoms with E-state index in [-0.39, 0.29) is 22.1 Å². The average Bonchev–Trinajstić information content (AvgIpc) is 3.00. The summed E-state index contributed by atoms with van der Waals surface area (Å²) < 4.78 is 6.62. The van der Waals surface area contributed by atoms with Crippen molar-refractivity contribution in [3.8, 4) is 5.88 Å². The van der Waals surface area contributed by atoms with Crippen molar-refractivity contribution < 1.29 is 14.3 Å². The maximum Gasteiger partial charge on any atom is 0.229 e. The lowest BCUT2D eigenvalue weighted by Crippen LogP contribution is -2.73. The van der Waals surface area contributed by atoms with E-state index in [1.165, 1.54) is 6.20 Å². The third kappa shape index (κ3) is 5.09. The van der Waals surface area contributed by atoms with Crippen molar-refractivity contribution in [1.82, 2.24) is 9.55 Å².